The first kappa shape index (κ1) is 13.5. The van der Waals surface area contributed by atoms with Gasteiger partial charge in [0, 0.05) is 0 Å². The van der Waals surface area contributed by atoms with E-state index in [2.05, 4.69) is 13.2 Å². The molecular weight excluding hydrogens is 269 g/mol. The van der Waals surface area contributed by atoms with Gasteiger partial charge in [-0.25, -0.2) is 0 Å². The van der Waals surface area contributed by atoms with Crippen molar-refractivity contribution in [1.29, 1.82) is 0 Å². The van der Waals surface area contributed by atoms with Crippen molar-refractivity contribution in [3.8, 4) is 0 Å². The van der Waals surface area contributed by atoms with Crippen LogP contribution in [0.5, 0.6) is 0 Å². The fourth-order valence-electron chi connectivity index (χ4n) is 1.81. The molecular formula is C12H19NO2Se. The van der Waals surface area contributed by atoms with Gasteiger partial charge < -0.3 is 0 Å². The predicted molar refractivity (Wildman–Crippen MR) is 66.2 cm³/mol. The van der Waals surface area contributed by atoms with Crippen LogP contribution in [0.4, 0.5) is 0 Å². The molecule has 1 heterocycles. The van der Waals surface area contributed by atoms with E-state index in [1.807, 2.05) is 17.9 Å². The second-order valence-electron chi connectivity index (χ2n) is 4.20. The van der Waals surface area contributed by atoms with Crippen molar-refractivity contribution >= 4 is 20.9 Å². The van der Waals surface area contributed by atoms with Crippen LogP contribution in [0.1, 0.15) is 13.8 Å². The molecule has 0 unspecified atom stereocenters. The van der Waals surface area contributed by atoms with Gasteiger partial charge in [-0.15, -0.1) is 0 Å². The molecule has 0 aliphatic carbocycles. The second kappa shape index (κ2) is 5.67. The first-order valence-corrected chi connectivity index (χ1v) is 7.54. The van der Waals surface area contributed by atoms with E-state index in [1.54, 1.807) is 6.92 Å². The summed E-state index contributed by atoms with van der Waals surface area (Å²) in [5.74, 6) is -0.145. The van der Waals surface area contributed by atoms with E-state index in [0.29, 0.717) is 21.5 Å². The Morgan fingerprint density at radius 2 is 2.38 bits per heavy atom. The first-order chi connectivity index (χ1) is 7.49. The first-order valence-electron chi connectivity index (χ1n) is 5.34. The summed E-state index contributed by atoms with van der Waals surface area (Å²) >= 11 is 0.298. The minimum absolute atomic E-state index is 0.0638. The standard InChI is InChI=1S/C12H19NO2Se/c1-5-6-16-12-10(9(4)14)11(15)13(12)7-8(2)3/h5,9-10,12,14H,1-2,6-7H2,3-4H3/t9-,10+,12-/m1/s1. The zero-order chi connectivity index (χ0) is 12.3. The number of β-lactam (4-membered cyclic amide) rings is 1. The number of hydrogen-bond donors (Lipinski definition) is 1. The molecule has 0 saturated carbocycles. The van der Waals surface area contributed by atoms with E-state index in [4.69, 9.17) is 0 Å². The summed E-state index contributed by atoms with van der Waals surface area (Å²) in [6.45, 7) is 11.8. The fourth-order valence-corrected chi connectivity index (χ4v) is 4.42. The molecule has 1 amide bonds. The Morgan fingerprint density at radius 3 is 2.81 bits per heavy atom. The van der Waals surface area contributed by atoms with Crippen molar-refractivity contribution in [3.63, 3.8) is 0 Å². The Bertz CT molecular complexity index is 301. The number of rotatable bonds is 6. The number of allylic oxidation sites excluding steroid dienone is 1. The van der Waals surface area contributed by atoms with Gasteiger partial charge in [-0.2, -0.15) is 0 Å². The molecule has 16 heavy (non-hydrogen) atoms. The molecule has 0 aromatic rings. The van der Waals surface area contributed by atoms with Crippen LogP contribution >= 0.6 is 0 Å². The summed E-state index contributed by atoms with van der Waals surface area (Å²) in [4.78, 5) is 13.9. The Hall–Kier alpha value is -0.571. The number of nitrogens with zero attached hydrogens (tertiary/aromatic N) is 1. The van der Waals surface area contributed by atoms with E-state index in [-0.39, 0.29) is 16.8 Å². The summed E-state index contributed by atoms with van der Waals surface area (Å²) in [6.07, 6.45) is 1.33. The van der Waals surface area contributed by atoms with Gasteiger partial charge >= 0.3 is 103 Å². The zero-order valence-electron chi connectivity index (χ0n) is 9.85. The van der Waals surface area contributed by atoms with E-state index < -0.39 is 6.10 Å². The van der Waals surface area contributed by atoms with Crippen LogP contribution in [0.25, 0.3) is 0 Å². The number of carbonyl (C=O) groups is 1. The quantitative estimate of drug-likeness (QED) is 0.451. The molecule has 90 valence electrons. The van der Waals surface area contributed by atoms with Gasteiger partial charge in [-0.1, -0.05) is 0 Å². The minimum atomic E-state index is -0.550. The molecule has 3 atom stereocenters. The molecule has 1 N–H and O–H groups in total. The maximum atomic E-state index is 11.8. The van der Waals surface area contributed by atoms with Crippen molar-refractivity contribution in [2.75, 3.05) is 6.54 Å². The van der Waals surface area contributed by atoms with Crippen molar-refractivity contribution < 1.29 is 9.90 Å². The van der Waals surface area contributed by atoms with Crippen LogP contribution in [0.15, 0.2) is 24.8 Å². The summed E-state index contributed by atoms with van der Waals surface area (Å²) in [6, 6.07) is 0. The van der Waals surface area contributed by atoms with Crippen molar-refractivity contribution in [3.05, 3.63) is 24.8 Å². The molecule has 0 aromatic carbocycles. The van der Waals surface area contributed by atoms with E-state index in [1.165, 1.54) is 0 Å². The van der Waals surface area contributed by atoms with Gasteiger partial charge in [-0.05, 0) is 0 Å². The summed E-state index contributed by atoms with van der Waals surface area (Å²) in [5, 5.41) is 10.5. The summed E-state index contributed by atoms with van der Waals surface area (Å²) < 4.78 is 0. The van der Waals surface area contributed by atoms with E-state index >= 15 is 0 Å². The van der Waals surface area contributed by atoms with Gasteiger partial charge in [-0.3, -0.25) is 0 Å². The third-order valence-corrected chi connectivity index (χ3v) is 5.29. The predicted octanol–water partition coefficient (Wildman–Crippen LogP) is 1.04. The van der Waals surface area contributed by atoms with Gasteiger partial charge in [0.1, 0.15) is 0 Å². The monoisotopic (exact) mass is 289 g/mol. The van der Waals surface area contributed by atoms with Crippen LogP contribution in [-0.2, 0) is 4.79 Å². The Labute approximate surface area is 103 Å². The molecule has 3 nitrogen and oxygen atoms in total. The van der Waals surface area contributed by atoms with Crippen LogP contribution < -0.4 is 0 Å². The summed E-state index contributed by atoms with van der Waals surface area (Å²) in [7, 11) is 0. The topological polar surface area (TPSA) is 40.5 Å². The van der Waals surface area contributed by atoms with Crippen LogP contribution in [-0.4, -0.2) is 48.5 Å². The Kier molecular flexibility index (Phi) is 4.78. The maximum absolute atomic E-state index is 11.8. The molecule has 0 spiro atoms. The van der Waals surface area contributed by atoms with Crippen LogP contribution in [0.2, 0.25) is 5.32 Å². The Morgan fingerprint density at radius 1 is 1.75 bits per heavy atom. The second-order valence-corrected chi connectivity index (χ2v) is 6.61. The normalized spacial score (nSPS) is 26.2. The average Bonchev–Trinajstić information content (AvgIpc) is 2.19. The van der Waals surface area contributed by atoms with Crippen molar-refractivity contribution in [2.24, 2.45) is 5.92 Å². The zero-order valence-corrected chi connectivity index (χ0v) is 11.6. The fraction of sp³-hybridized carbons (Fsp3) is 0.583. The van der Waals surface area contributed by atoms with Crippen molar-refractivity contribution in [2.45, 2.75) is 30.2 Å². The molecule has 4 heteroatoms. The molecule has 1 aliphatic rings. The molecule has 1 saturated heterocycles. The average molecular weight is 288 g/mol. The van der Waals surface area contributed by atoms with Crippen molar-refractivity contribution in [1.82, 2.24) is 4.90 Å². The number of aliphatic hydroxyl groups is 1. The molecule has 1 fully saturated rings. The van der Waals surface area contributed by atoms with Gasteiger partial charge in [0.05, 0.1) is 0 Å². The number of aliphatic hydroxyl groups excluding tert-OH is 1. The molecule has 0 radical (unpaired) electrons. The SMILES string of the molecule is C=CC[Se][C@@H]1[C@@H]([C@@H](C)O)C(=O)N1CC(=C)C. The van der Waals surface area contributed by atoms with Gasteiger partial charge in [0.25, 0.3) is 0 Å². The number of carbonyl (C=O) groups excluding carboxylic acids is 1. The van der Waals surface area contributed by atoms with Crippen LogP contribution in [0.3, 0.4) is 0 Å². The third-order valence-electron chi connectivity index (χ3n) is 2.53. The molecule has 1 rings (SSSR count). The molecule has 1 aliphatic heterocycles. The van der Waals surface area contributed by atoms with Crippen LogP contribution in [0, 0.1) is 5.92 Å². The Balaban J connectivity index is 2.66. The van der Waals surface area contributed by atoms with Gasteiger partial charge in [0.15, 0.2) is 0 Å². The number of hydrogen-bond acceptors (Lipinski definition) is 2. The molecule has 0 aromatic heterocycles. The van der Waals surface area contributed by atoms with E-state index in [9.17, 15) is 9.90 Å². The molecule has 0 bridgehead atoms. The third kappa shape index (κ3) is 2.76. The van der Waals surface area contributed by atoms with E-state index in [0.717, 1.165) is 10.9 Å². The number of likely N-dealkylation sites (tertiary alicyclic amines) is 1. The number of amides is 1. The summed E-state index contributed by atoms with van der Waals surface area (Å²) in [5.41, 5.74) is 0.983. The van der Waals surface area contributed by atoms with Gasteiger partial charge in [0.2, 0.25) is 0 Å².